The number of anilines is 2. The Bertz CT molecular complexity index is 1160. The monoisotopic (exact) mass is 480 g/mol. The number of aromatic nitrogens is 2. The molecule has 0 fully saturated rings. The topological polar surface area (TPSA) is 85.4 Å². The second kappa shape index (κ2) is 10.0. The summed E-state index contributed by atoms with van der Waals surface area (Å²) >= 11 is 1.32. The zero-order chi connectivity index (χ0) is 24.4. The van der Waals surface area contributed by atoms with Crippen molar-refractivity contribution in [3.8, 4) is 11.5 Å². The molecule has 1 aliphatic heterocycles. The summed E-state index contributed by atoms with van der Waals surface area (Å²) in [4.78, 5) is 13.4. The molecule has 1 amide bonds. The second-order valence-corrected chi connectivity index (χ2v) is 10.4. The first-order valence-corrected chi connectivity index (χ1v) is 12.5. The molecule has 0 aliphatic carbocycles. The molecule has 1 aliphatic rings. The summed E-state index contributed by atoms with van der Waals surface area (Å²) in [6, 6.07) is 10.2. The molecule has 34 heavy (non-hydrogen) atoms. The van der Waals surface area contributed by atoms with Gasteiger partial charge in [0, 0.05) is 12.1 Å². The molecule has 0 spiro atoms. The summed E-state index contributed by atoms with van der Waals surface area (Å²) in [6.07, 6.45) is 0. The van der Waals surface area contributed by atoms with Crippen LogP contribution in [0.2, 0.25) is 0 Å². The third kappa shape index (κ3) is 5.17. The Kier molecular flexibility index (Phi) is 7.07. The number of benzene rings is 2. The van der Waals surface area contributed by atoms with Crippen LogP contribution < -0.4 is 20.1 Å². The number of nitrogens with zero attached hydrogens (tertiary/aromatic N) is 2. The van der Waals surface area contributed by atoms with Gasteiger partial charge in [0.2, 0.25) is 17.1 Å². The number of ether oxygens (including phenoxy) is 2. The van der Waals surface area contributed by atoms with E-state index in [4.69, 9.17) is 9.47 Å². The maximum atomic E-state index is 13.4. The standard InChI is InChI=1S/C26H32N4O3S/c1-14(2)18-10-19(15(3)4)23(20(11-18)16(5)6)24(31)28-26-30-29-25(34-26)27-12-17-7-8-21-22(9-17)33-13-32-21/h7-11,14-16H,12-13H2,1-6H3,(H,27,29)(H,28,30,31). The third-order valence-corrected chi connectivity index (χ3v) is 6.68. The predicted molar refractivity (Wildman–Crippen MR) is 136 cm³/mol. The maximum absolute atomic E-state index is 13.4. The molecule has 2 N–H and O–H groups in total. The Hall–Kier alpha value is -3.13. The Morgan fingerprint density at radius 1 is 0.912 bits per heavy atom. The molecule has 0 saturated heterocycles. The van der Waals surface area contributed by atoms with E-state index in [1.165, 1.54) is 16.9 Å². The average Bonchev–Trinajstić information content (AvgIpc) is 3.45. The minimum absolute atomic E-state index is 0.138. The highest BCUT2D eigenvalue weighted by Gasteiger charge is 2.23. The molecule has 0 radical (unpaired) electrons. The molecule has 3 aromatic rings. The van der Waals surface area contributed by atoms with E-state index in [1.807, 2.05) is 18.2 Å². The minimum Gasteiger partial charge on any atom is -0.454 e. The zero-order valence-electron chi connectivity index (χ0n) is 20.6. The van der Waals surface area contributed by atoms with E-state index in [2.05, 4.69) is 74.5 Å². The number of carbonyl (C=O) groups excluding carboxylic acids is 1. The first kappa shape index (κ1) is 24.0. The molecule has 0 saturated carbocycles. The van der Waals surface area contributed by atoms with Gasteiger partial charge in [0.25, 0.3) is 5.91 Å². The highest BCUT2D eigenvalue weighted by atomic mass is 32.1. The number of hydrogen-bond acceptors (Lipinski definition) is 7. The summed E-state index contributed by atoms with van der Waals surface area (Å²) in [6.45, 7) is 13.7. The maximum Gasteiger partial charge on any atom is 0.258 e. The Morgan fingerprint density at radius 3 is 2.21 bits per heavy atom. The van der Waals surface area contributed by atoms with Crippen molar-refractivity contribution >= 4 is 27.5 Å². The van der Waals surface area contributed by atoms with Crippen molar-refractivity contribution in [1.82, 2.24) is 10.2 Å². The van der Waals surface area contributed by atoms with Gasteiger partial charge in [-0.15, -0.1) is 10.2 Å². The Morgan fingerprint density at radius 2 is 1.56 bits per heavy atom. The lowest BCUT2D eigenvalue weighted by molar-refractivity contribution is 0.102. The first-order valence-electron chi connectivity index (χ1n) is 11.7. The summed E-state index contributed by atoms with van der Waals surface area (Å²) in [5.74, 6) is 2.22. The number of carbonyl (C=O) groups is 1. The van der Waals surface area contributed by atoms with E-state index in [0.29, 0.717) is 22.7 Å². The highest BCUT2D eigenvalue weighted by molar-refractivity contribution is 7.19. The summed E-state index contributed by atoms with van der Waals surface area (Å²) in [5.41, 5.74) is 5.18. The van der Waals surface area contributed by atoms with Crippen LogP contribution in [0, 0.1) is 0 Å². The normalized spacial score (nSPS) is 12.6. The van der Waals surface area contributed by atoms with Gasteiger partial charge in [0.1, 0.15) is 0 Å². The van der Waals surface area contributed by atoms with Crippen LogP contribution in [0.5, 0.6) is 11.5 Å². The zero-order valence-corrected chi connectivity index (χ0v) is 21.4. The third-order valence-electron chi connectivity index (χ3n) is 5.89. The lowest BCUT2D eigenvalue weighted by Gasteiger charge is -2.22. The smallest absolute Gasteiger partial charge is 0.258 e. The van der Waals surface area contributed by atoms with Crippen LogP contribution in [0.25, 0.3) is 0 Å². The van der Waals surface area contributed by atoms with Gasteiger partial charge in [-0.3, -0.25) is 10.1 Å². The van der Waals surface area contributed by atoms with Gasteiger partial charge < -0.3 is 14.8 Å². The summed E-state index contributed by atoms with van der Waals surface area (Å²) < 4.78 is 10.8. The van der Waals surface area contributed by atoms with Crippen molar-refractivity contribution in [3.63, 3.8) is 0 Å². The largest absolute Gasteiger partial charge is 0.454 e. The van der Waals surface area contributed by atoms with Crippen molar-refractivity contribution < 1.29 is 14.3 Å². The van der Waals surface area contributed by atoms with Crippen molar-refractivity contribution in [2.75, 3.05) is 17.4 Å². The van der Waals surface area contributed by atoms with E-state index in [-0.39, 0.29) is 24.5 Å². The molecule has 0 unspecified atom stereocenters. The molecule has 7 nitrogen and oxygen atoms in total. The first-order chi connectivity index (χ1) is 16.2. The fraction of sp³-hybridized carbons (Fsp3) is 0.423. The number of hydrogen-bond donors (Lipinski definition) is 2. The number of nitrogens with one attached hydrogen (secondary N) is 2. The van der Waals surface area contributed by atoms with E-state index < -0.39 is 0 Å². The van der Waals surface area contributed by atoms with Crippen LogP contribution in [-0.2, 0) is 6.54 Å². The molecule has 4 rings (SSSR count). The fourth-order valence-corrected chi connectivity index (χ4v) is 4.59. The molecular weight excluding hydrogens is 448 g/mol. The van der Waals surface area contributed by atoms with Gasteiger partial charge in [0.15, 0.2) is 11.5 Å². The fourth-order valence-electron chi connectivity index (χ4n) is 3.95. The van der Waals surface area contributed by atoms with Crippen LogP contribution in [0.4, 0.5) is 10.3 Å². The average molecular weight is 481 g/mol. The molecule has 0 bridgehead atoms. The molecule has 2 aromatic carbocycles. The molecule has 180 valence electrons. The van der Waals surface area contributed by atoms with E-state index in [0.717, 1.165) is 33.8 Å². The predicted octanol–water partition coefficient (Wildman–Crippen LogP) is 6.50. The van der Waals surface area contributed by atoms with Crippen molar-refractivity contribution in [2.45, 2.75) is 65.8 Å². The van der Waals surface area contributed by atoms with Gasteiger partial charge in [-0.1, -0.05) is 71.1 Å². The van der Waals surface area contributed by atoms with Gasteiger partial charge in [-0.05, 0) is 52.1 Å². The quantitative estimate of drug-likeness (QED) is 0.383. The SMILES string of the molecule is CC(C)c1cc(C(C)C)c(C(=O)Nc2nnc(NCc3ccc4c(c3)OCO4)s2)c(C(C)C)c1. The minimum atomic E-state index is -0.138. The van der Waals surface area contributed by atoms with Gasteiger partial charge >= 0.3 is 0 Å². The summed E-state index contributed by atoms with van der Waals surface area (Å²) in [7, 11) is 0. The van der Waals surface area contributed by atoms with Crippen LogP contribution in [0.1, 0.15) is 91.9 Å². The lowest BCUT2D eigenvalue weighted by atomic mass is 9.84. The summed E-state index contributed by atoms with van der Waals surface area (Å²) in [5, 5.41) is 15.7. The Balaban J connectivity index is 1.50. The molecule has 0 atom stereocenters. The molecular formula is C26H32N4O3S. The van der Waals surface area contributed by atoms with E-state index in [1.54, 1.807) is 0 Å². The van der Waals surface area contributed by atoms with E-state index >= 15 is 0 Å². The Labute approximate surface area is 204 Å². The molecule has 8 heteroatoms. The van der Waals surface area contributed by atoms with Crippen molar-refractivity contribution in [2.24, 2.45) is 0 Å². The van der Waals surface area contributed by atoms with Gasteiger partial charge in [-0.25, -0.2) is 0 Å². The van der Waals surface area contributed by atoms with Crippen LogP contribution >= 0.6 is 11.3 Å². The molecule has 2 heterocycles. The van der Waals surface area contributed by atoms with Crippen molar-refractivity contribution in [1.29, 1.82) is 0 Å². The van der Waals surface area contributed by atoms with E-state index in [9.17, 15) is 4.79 Å². The van der Waals surface area contributed by atoms with Crippen molar-refractivity contribution in [3.05, 3.63) is 58.1 Å². The van der Waals surface area contributed by atoms with Gasteiger partial charge in [0.05, 0.1) is 0 Å². The number of fused-ring (bicyclic) bond motifs is 1. The number of amides is 1. The highest BCUT2D eigenvalue weighted by Crippen LogP contribution is 2.34. The van der Waals surface area contributed by atoms with Crippen LogP contribution in [-0.4, -0.2) is 22.9 Å². The molecule has 1 aromatic heterocycles. The van der Waals surface area contributed by atoms with Gasteiger partial charge in [-0.2, -0.15) is 0 Å². The lowest BCUT2D eigenvalue weighted by Crippen LogP contribution is -2.19. The second-order valence-electron chi connectivity index (χ2n) is 9.45. The van der Waals surface area contributed by atoms with Crippen LogP contribution in [0.3, 0.4) is 0 Å². The van der Waals surface area contributed by atoms with Crippen LogP contribution in [0.15, 0.2) is 30.3 Å². The number of rotatable bonds is 8.